The predicted octanol–water partition coefficient (Wildman–Crippen LogP) is 0.759. The van der Waals surface area contributed by atoms with Gasteiger partial charge in [-0.15, -0.1) is 0 Å². The largest absolute Gasteiger partial charge is 0.299 e. The first-order valence-corrected chi connectivity index (χ1v) is 5.75. The fourth-order valence-electron chi connectivity index (χ4n) is 1.67. The molecule has 0 aliphatic carbocycles. The molecule has 1 atom stereocenters. The molecule has 0 radical (unpaired) electrons. The second-order valence-corrected chi connectivity index (χ2v) is 4.35. The molecule has 0 saturated heterocycles. The first kappa shape index (κ1) is 14.2. The molecule has 1 rings (SSSR count). The van der Waals surface area contributed by atoms with Gasteiger partial charge in [0.2, 0.25) is 5.91 Å². The van der Waals surface area contributed by atoms with Gasteiger partial charge in [0, 0.05) is 19.0 Å². The number of carbonyl (C=O) groups excluding carboxylic acids is 1. The summed E-state index contributed by atoms with van der Waals surface area (Å²) in [5.74, 6) is 4.88. The van der Waals surface area contributed by atoms with Crippen molar-refractivity contribution in [2.45, 2.75) is 25.9 Å². The highest BCUT2D eigenvalue weighted by atomic mass is 16.2. The zero-order chi connectivity index (χ0) is 13.5. The summed E-state index contributed by atoms with van der Waals surface area (Å²) >= 11 is 0. The SMILES string of the molecule is CC(CC(=O)NN)N(C)Cc1cccc(C#N)c1. The van der Waals surface area contributed by atoms with E-state index >= 15 is 0 Å². The zero-order valence-electron chi connectivity index (χ0n) is 10.7. The second kappa shape index (κ2) is 6.74. The summed E-state index contributed by atoms with van der Waals surface area (Å²) in [4.78, 5) is 13.2. The van der Waals surface area contributed by atoms with Crippen LogP contribution in [0.15, 0.2) is 24.3 Å². The summed E-state index contributed by atoms with van der Waals surface area (Å²) in [5.41, 5.74) is 3.82. The highest BCUT2D eigenvalue weighted by molar-refractivity contribution is 5.75. The minimum atomic E-state index is -0.180. The van der Waals surface area contributed by atoms with Gasteiger partial charge in [0.05, 0.1) is 11.6 Å². The minimum absolute atomic E-state index is 0.0827. The summed E-state index contributed by atoms with van der Waals surface area (Å²) in [7, 11) is 1.94. The number of nitrogens with one attached hydrogen (secondary N) is 1. The van der Waals surface area contributed by atoms with Crippen LogP contribution in [-0.2, 0) is 11.3 Å². The van der Waals surface area contributed by atoms with Gasteiger partial charge in [-0.2, -0.15) is 5.26 Å². The Morgan fingerprint density at radius 3 is 2.94 bits per heavy atom. The molecule has 96 valence electrons. The minimum Gasteiger partial charge on any atom is -0.299 e. The summed E-state index contributed by atoms with van der Waals surface area (Å²) < 4.78 is 0. The van der Waals surface area contributed by atoms with Crippen LogP contribution in [0.1, 0.15) is 24.5 Å². The summed E-state index contributed by atoms with van der Waals surface area (Å²) in [6.07, 6.45) is 0.352. The van der Waals surface area contributed by atoms with Gasteiger partial charge >= 0.3 is 0 Å². The van der Waals surface area contributed by atoms with Gasteiger partial charge in [-0.3, -0.25) is 15.1 Å². The van der Waals surface area contributed by atoms with E-state index in [0.29, 0.717) is 18.5 Å². The number of hydrogen-bond donors (Lipinski definition) is 2. The van der Waals surface area contributed by atoms with Gasteiger partial charge in [0.15, 0.2) is 0 Å². The smallest absolute Gasteiger partial charge is 0.235 e. The van der Waals surface area contributed by atoms with E-state index in [1.54, 1.807) is 6.07 Å². The Morgan fingerprint density at radius 2 is 2.33 bits per heavy atom. The zero-order valence-corrected chi connectivity index (χ0v) is 10.7. The van der Waals surface area contributed by atoms with E-state index in [2.05, 4.69) is 11.5 Å². The molecule has 1 amide bonds. The third-order valence-electron chi connectivity index (χ3n) is 2.88. The summed E-state index contributed by atoms with van der Waals surface area (Å²) in [5, 5.41) is 8.83. The Bertz CT molecular complexity index is 453. The maximum Gasteiger partial charge on any atom is 0.235 e. The molecule has 0 aromatic heterocycles. The predicted molar refractivity (Wildman–Crippen MR) is 69.0 cm³/mol. The Balaban J connectivity index is 2.60. The molecule has 5 heteroatoms. The Labute approximate surface area is 107 Å². The van der Waals surface area contributed by atoms with E-state index < -0.39 is 0 Å². The van der Waals surface area contributed by atoms with E-state index in [0.717, 1.165) is 5.56 Å². The third-order valence-corrected chi connectivity index (χ3v) is 2.88. The van der Waals surface area contributed by atoms with Crippen molar-refractivity contribution in [1.29, 1.82) is 5.26 Å². The van der Waals surface area contributed by atoms with E-state index in [1.807, 2.05) is 37.1 Å². The highest BCUT2D eigenvalue weighted by Crippen LogP contribution is 2.10. The number of rotatable bonds is 5. The Hall–Kier alpha value is -1.90. The molecule has 1 aromatic rings. The molecule has 0 fully saturated rings. The number of nitrogens with zero attached hydrogens (tertiary/aromatic N) is 2. The van der Waals surface area contributed by atoms with Crippen molar-refractivity contribution in [3.8, 4) is 6.07 Å². The lowest BCUT2D eigenvalue weighted by molar-refractivity contribution is -0.122. The topological polar surface area (TPSA) is 82.2 Å². The van der Waals surface area contributed by atoms with Crippen molar-refractivity contribution < 1.29 is 4.79 Å². The van der Waals surface area contributed by atoms with Crippen LogP contribution in [0.3, 0.4) is 0 Å². The van der Waals surface area contributed by atoms with Gasteiger partial charge in [-0.05, 0) is 31.7 Å². The summed E-state index contributed by atoms with van der Waals surface area (Å²) in [6, 6.07) is 9.65. The van der Waals surface area contributed by atoms with E-state index in [-0.39, 0.29) is 11.9 Å². The Morgan fingerprint density at radius 1 is 1.61 bits per heavy atom. The molecular weight excluding hydrogens is 228 g/mol. The number of hydrazine groups is 1. The van der Waals surface area contributed by atoms with E-state index in [9.17, 15) is 4.79 Å². The molecule has 1 unspecified atom stereocenters. The second-order valence-electron chi connectivity index (χ2n) is 4.35. The lowest BCUT2D eigenvalue weighted by Crippen LogP contribution is -2.37. The monoisotopic (exact) mass is 246 g/mol. The number of benzene rings is 1. The molecule has 0 aliphatic heterocycles. The van der Waals surface area contributed by atoms with Gasteiger partial charge < -0.3 is 0 Å². The van der Waals surface area contributed by atoms with Crippen LogP contribution in [0.25, 0.3) is 0 Å². The van der Waals surface area contributed by atoms with Gasteiger partial charge in [0.25, 0.3) is 0 Å². The normalized spacial score (nSPS) is 11.9. The number of nitriles is 1. The molecule has 0 saturated carbocycles. The number of carbonyl (C=O) groups is 1. The molecule has 3 N–H and O–H groups in total. The molecule has 0 bridgehead atoms. The lowest BCUT2D eigenvalue weighted by atomic mass is 10.1. The maximum absolute atomic E-state index is 11.2. The van der Waals surface area contributed by atoms with E-state index in [1.165, 1.54) is 0 Å². The molecular formula is C13H18N4O. The average Bonchev–Trinajstić information content (AvgIpc) is 2.38. The number of nitrogens with two attached hydrogens (primary N) is 1. The van der Waals surface area contributed by atoms with Crippen molar-refractivity contribution in [3.05, 3.63) is 35.4 Å². The maximum atomic E-state index is 11.2. The van der Waals surface area contributed by atoms with Crippen molar-refractivity contribution in [3.63, 3.8) is 0 Å². The van der Waals surface area contributed by atoms with Crippen LogP contribution in [0.5, 0.6) is 0 Å². The molecule has 0 heterocycles. The fourth-order valence-corrected chi connectivity index (χ4v) is 1.67. The molecule has 1 aromatic carbocycles. The van der Waals surface area contributed by atoms with Gasteiger partial charge in [0.1, 0.15) is 0 Å². The average molecular weight is 246 g/mol. The fraction of sp³-hybridized carbons (Fsp3) is 0.385. The van der Waals surface area contributed by atoms with Crippen LogP contribution >= 0.6 is 0 Å². The first-order valence-electron chi connectivity index (χ1n) is 5.75. The standard InChI is InChI=1S/C13H18N4O/c1-10(6-13(18)16-15)17(2)9-12-5-3-4-11(7-12)8-14/h3-5,7,10H,6,9,15H2,1-2H3,(H,16,18). The molecule has 18 heavy (non-hydrogen) atoms. The van der Waals surface area contributed by atoms with Crippen LogP contribution in [-0.4, -0.2) is 23.9 Å². The van der Waals surface area contributed by atoms with Gasteiger partial charge in [-0.25, -0.2) is 5.84 Å². The molecule has 0 spiro atoms. The van der Waals surface area contributed by atoms with Crippen LogP contribution < -0.4 is 11.3 Å². The van der Waals surface area contributed by atoms with Crippen molar-refractivity contribution >= 4 is 5.91 Å². The van der Waals surface area contributed by atoms with E-state index in [4.69, 9.17) is 11.1 Å². The molecule has 5 nitrogen and oxygen atoms in total. The van der Waals surface area contributed by atoms with Crippen molar-refractivity contribution in [2.24, 2.45) is 5.84 Å². The Kier molecular flexibility index (Phi) is 5.31. The number of amides is 1. The van der Waals surface area contributed by atoms with Crippen LogP contribution in [0.4, 0.5) is 0 Å². The van der Waals surface area contributed by atoms with Crippen molar-refractivity contribution in [1.82, 2.24) is 10.3 Å². The molecule has 0 aliphatic rings. The van der Waals surface area contributed by atoms with Crippen LogP contribution in [0.2, 0.25) is 0 Å². The third kappa shape index (κ3) is 4.17. The van der Waals surface area contributed by atoms with Crippen LogP contribution in [0, 0.1) is 11.3 Å². The quantitative estimate of drug-likeness (QED) is 0.456. The highest BCUT2D eigenvalue weighted by Gasteiger charge is 2.13. The summed E-state index contributed by atoms with van der Waals surface area (Å²) in [6.45, 7) is 2.65. The first-order chi connectivity index (χ1) is 8.56. The number of hydrogen-bond acceptors (Lipinski definition) is 4. The van der Waals surface area contributed by atoms with Crippen molar-refractivity contribution in [2.75, 3.05) is 7.05 Å². The van der Waals surface area contributed by atoms with Gasteiger partial charge in [-0.1, -0.05) is 12.1 Å². The lowest BCUT2D eigenvalue weighted by Gasteiger charge is -2.24.